The molecule has 0 spiro atoms. The Balaban J connectivity index is 4.09. The minimum Gasteiger partial charge on any atom is -0.349 e. The first-order chi connectivity index (χ1) is 5.09. The topological polar surface area (TPSA) is 18.8 Å². The lowest BCUT2D eigenvalue weighted by Crippen LogP contribution is -2.35. The van der Waals surface area contributed by atoms with Crippen molar-refractivity contribution in [1.82, 2.24) is 9.80 Å². The van der Waals surface area contributed by atoms with Crippen LogP contribution in [0.2, 0.25) is 0 Å². The molecule has 0 rings (SSSR count). The van der Waals surface area contributed by atoms with Crippen LogP contribution in [0.4, 0.5) is 0 Å². The smallest absolute Gasteiger partial charge is 0.195 e. The zero-order chi connectivity index (χ0) is 8.85. The lowest BCUT2D eigenvalue weighted by molar-refractivity contribution is 0.479. The Kier molecular flexibility index (Phi) is 4.66. The average molecular weight is 157 g/mol. The fraction of sp³-hybridized carbons (Fsp3) is 0.875. The molecule has 0 aromatic heterocycles. The molecule has 3 nitrogen and oxygen atoms in total. The quantitative estimate of drug-likeness (QED) is 0.437. The van der Waals surface area contributed by atoms with Gasteiger partial charge in [-0.15, -0.1) is 0 Å². The molecule has 0 saturated carbocycles. The first-order valence-corrected chi connectivity index (χ1v) is 3.98. The number of aliphatic imine (C=N–C) groups is 1. The van der Waals surface area contributed by atoms with Crippen molar-refractivity contribution in [2.75, 3.05) is 34.7 Å². The summed E-state index contributed by atoms with van der Waals surface area (Å²) in [4.78, 5) is 8.46. The van der Waals surface area contributed by atoms with Crippen LogP contribution in [0.15, 0.2) is 4.99 Å². The van der Waals surface area contributed by atoms with Crippen LogP contribution in [0, 0.1) is 0 Å². The molecule has 0 aliphatic heterocycles. The van der Waals surface area contributed by atoms with E-state index in [9.17, 15) is 0 Å². The Morgan fingerprint density at radius 2 is 1.55 bits per heavy atom. The Labute approximate surface area is 69.7 Å². The predicted molar refractivity (Wildman–Crippen MR) is 50.0 cm³/mol. The standard InChI is InChI=1S/C8H19N3/c1-6-7-9-8(10(2)3)11(4)5/h6-7H2,1-5H3. The van der Waals surface area contributed by atoms with Crippen molar-refractivity contribution in [3.05, 3.63) is 0 Å². The predicted octanol–water partition coefficient (Wildman–Crippen LogP) is 0.876. The van der Waals surface area contributed by atoms with Gasteiger partial charge in [-0.05, 0) is 6.42 Å². The van der Waals surface area contributed by atoms with E-state index in [2.05, 4.69) is 11.9 Å². The summed E-state index contributed by atoms with van der Waals surface area (Å²) in [5.74, 6) is 1.03. The summed E-state index contributed by atoms with van der Waals surface area (Å²) in [6.45, 7) is 3.04. The molecule has 0 radical (unpaired) electrons. The van der Waals surface area contributed by atoms with E-state index in [1.54, 1.807) is 0 Å². The Hall–Kier alpha value is -0.730. The third kappa shape index (κ3) is 3.86. The van der Waals surface area contributed by atoms with Gasteiger partial charge in [0.1, 0.15) is 0 Å². The molecule has 0 aliphatic carbocycles. The molecule has 0 N–H and O–H groups in total. The van der Waals surface area contributed by atoms with E-state index < -0.39 is 0 Å². The van der Waals surface area contributed by atoms with Gasteiger partial charge in [-0.25, -0.2) is 0 Å². The zero-order valence-electron chi connectivity index (χ0n) is 8.26. The fourth-order valence-electron chi connectivity index (χ4n) is 0.895. The van der Waals surface area contributed by atoms with Gasteiger partial charge < -0.3 is 9.80 Å². The average Bonchev–Trinajstić information content (AvgIpc) is 1.87. The molecular weight excluding hydrogens is 138 g/mol. The van der Waals surface area contributed by atoms with Crippen LogP contribution in [0.3, 0.4) is 0 Å². The molecule has 11 heavy (non-hydrogen) atoms. The second-order valence-electron chi connectivity index (χ2n) is 2.97. The molecule has 0 heterocycles. The van der Waals surface area contributed by atoms with Crippen LogP contribution in [-0.4, -0.2) is 50.5 Å². The minimum atomic E-state index is 0.908. The van der Waals surface area contributed by atoms with E-state index in [4.69, 9.17) is 0 Å². The summed E-state index contributed by atoms with van der Waals surface area (Å²) < 4.78 is 0. The highest BCUT2D eigenvalue weighted by Crippen LogP contribution is 1.89. The summed E-state index contributed by atoms with van der Waals surface area (Å²) in [5, 5.41) is 0. The monoisotopic (exact) mass is 157 g/mol. The second-order valence-corrected chi connectivity index (χ2v) is 2.97. The molecule has 66 valence electrons. The largest absolute Gasteiger partial charge is 0.349 e. The van der Waals surface area contributed by atoms with Crippen molar-refractivity contribution in [3.63, 3.8) is 0 Å². The fourth-order valence-corrected chi connectivity index (χ4v) is 0.895. The number of rotatable bonds is 2. The van der Waals surface area contributed by atoms with Gasteiger partial charge in [0.25, 0.3) is 0 Å². The van der Waals surface area contributed by atoms with Gasteiger partial charge >= 0.3 is 0 Å². The zero-order valence-corrected chi connectivity index (χ0v) is 8.26. The second kappa shape index (κ2) is 4.99. The number of hydrogen-bond acceptors (Lipinski definition) is 1. The molecule has 0 aromatic carbocycles. The third-order valence-corrected chi connectivity index (χ3v) is 1.28. The van der Waals surface area contributed by atoms with Gasteiger partial charge in [-0.3, -0.25) is 4.99 Å². The summed E-state index contributed by atoms with van der Waals surface area (Å²) in [6, 6.07) is 0. The molecule has 0 unspecified atom stereocenters. The van der Waals surface area contributed by atoms with Crippen molar-refractivity contribution in [2.45, 2.75) is 13.3 Å². The molecule has 0 aromatic rings. The Morgan fingerprint density at radius 3 is 1.82 bits per heavy atom. The summed E-state index contributed by atoms with van der Waals surface area (Å²) in [5.41, 5.74) is 0. The van der Waals surface area contributed by atoms with E-state index in [0.29, 0.717) is 0 Å². The maximum atomic E-state index is 4.41. The van der Waals surface area contributed by atoms with Crippen molar-refractivity contribution in [1.29, 1.82) is 0 Å². The van der Waals surface area contributed by atoms with Crippen LogP contribution in [-0.2, 0) is 0 Å². The number of hydrogen-bond donors (Lipinski definition) is 0. The third-order valence-electron chi connectivity index (χ3n) is 1.28. The molecule has 0 aliphatic rings. The number of nitrogens with zero attached hydrogens (tertiary/aromatic N) is 3. The maximum Gasteiger partial charge on any atom is 0.195 e. The first-order valence-electron chi connectivity index (χ1n) is 3.98. The van der Waals surface area contributed by atoms with Gasteiger partial charge in [0, 0.05) is 34.7 Å². The van der Waals surface area contributed by atoms with E-state index >= 15 is 0 Å². The normalized spacial score (nSPS) is 9.18. The molecular formula is C8H19N3. The lowest BCUT2D eigenvalue weighted by Gasteiger charge is -2.22. The van der Waals surface area contributed by atoms with Crippen LogP contribution in [0.25, 0.3) is 0 Å². The first kappa shape index (κ1) is 10.3. The van der Waals surface area contributed by atoms with Crippen molar-refractivity contribution in [2.24, 2.45) is 4.99 Å². The molecule has 0 atom stereocenters. The van der Waals surface area contributed by atoms with Crippen molar-refractivity contribution in [3.8, 4) is 0 Å². The molecule has 0 saturated heterocycles. The lowest BCUT2D eigenvalue weighted by atomic mass is 10.5. The van der Waals surface area contributed by atoms with E-state index in [1.165, 1.54) is 0 Å². The molecule has 0 amide bonds. The van der Waals surface area contributed by atoms with Gasteiger partial charge in [0.05, 0.1) is 0 Å². The Morgan fingerprint density at radius 1 is 1.09 bits per heavy atom. The van der Waals surface area contributed by atoms with Crippen LogP contribution >= 0.6 is 0 Å². The van der Waals surface area contributed by atoms with Gasteiger partial charge in [0.2, 0.25) is 0 Å². The van der Waals surface area contributed by atoms with Gasteiger partial charge in [-0.1, -0.05) is 6.92 Å². The van der Waals surface area contributed by atoms with Crippen molar-refractivity contribution >= 4 is 5.96 Å². The van der Waals surface area contributed by atoms with Gasteiger partial charge in [-0.2, -0.15) is 0 Å². The van der Waals surface area contributed by atoms with Crippen LogP contribution < -0.4 is 0 Å². The minimum absolute atomic E-state index is 0.908. The highest BCUT2D eigenvalue weighted by molar-refractivity contribution is 5.79. The Bertz CT molecular complexity index is 117. The summed E-state index contributed by atoms with van der Waals surface area (Å²) >= 11 is 0. The van der Waals surface area contributed by atoms with E-state index in [-0.39, 0.29) is 0 Å². The summed E-state index contributed by atoms with van der Waals surface area (Å²) in [7, 11) is 8.03. The number of guanidine groups is 1. The highest BCUT2D eigenvalue weighted by atomic mass is 15.3. The molecule has 0 fully saturated rings. The van der Waals surface area contributed by atoms with Crippen LogP contribution in [0.5, 0.6) is 0 Å². The molecule has 3 heteroatoms. The van der Waals surface area contributed by atoms with Crippen LogP contribution in [0.1, 0.15) is 13.3 Å². The molecule has 0 bridgehead atoms. The SMILES string of the molecule is CCCN=C(N(C)C)N(C)C. The van der Waals surface area contributed by atoms with Gasteiger partial charge in [0.15, 0.2) is 5.96 Å². The highest BCUT2D eigenvalue weighted by Gasteiger charge is 2.01. The van der Waals surface area contributed by atoms with E-state index in [1.807, 2.05) is 38.0 Å². The summed E-state index contributed by atoms with van der Waals surface area (Å²) in [6.07, 6.45) is 1.10. The maximum absolute atomic E-state index is 4.41. The van der Waals surface area contributed by atoms with Crippen molar-refractivity contribution < 1.29 is 0 Å². The van der Waals surface area contributed by atoms with E-state index in [0.717, 1.165) is 18.9 Å².